The Bertz CT molecular complexity index is 317. The number of carbonyl (C=O) groups excluding carboxylic acids is 2. The predicted molar refractivity (Wildman–Crippen MR) is 65.9 cm³/mol. The summed E-state index contributed by atoms with van der Waals surface area (Å²) in [4.78, 5) is 25.8. The van der Waals surface area contributed by atoms with Crippen molar-refractivity contribution >= 4 is 12.2 Å². The molecule has 0 aromatic carbocycles. The van der Waals surface area contributed by atoms with Crippen LogP contribution in [0.4, 0.5) is 9.59 Å². The van der Waals surface area contributed by atoms with E-state index in [9.17, 15) is 9.59 Å². The second-order valence-electron chi connectivity index (χ2n) is 4.84. The monoisotopic (exact) mass is 272 g/mol. The third kappa shape index (κ3) is 4.27. The maximum atomic E-state index is 11.3. The predicted octanol–water partition coefficient (Wildman–Crippen LogP) is 0.684. The van der Waals surface area contributed by atoms with Crippen LogP contribution in [0.25, 0.3) is 0 Å². The van der Waals surface area contributed by atoms with Gasteiger partial charge in [0.05, 0.1) is 25.3 Å². The van der Waals surface area contributed by atoms with Gasteiger partial charge in [0.2, 0.25) is 0 Å². The fourth-order valence-corrected chi connectivity index (χ4v) is 1.63. The molecular weight excluding hydrogens is 252 g/mol. The Kier molecular flexibility index (Phi) is 4.47. The summed E-state index contributed by atoms with van der Waals surface area (Å²) < 4.78 is 15.1. The molecule has 2 saturated heterocycles. The molecule has 7 nitrogen and oxygen atoms in total. The first kappa shape index (κ1) is 13.9. The summed E-state index contributed by atoms with van der Waals surface area (Å²) in [6, 6.07) is 0.597. The summed E-state index contributed by atoms with van der Waals surface area (Å²) in [7, 11) is 0. The Labute approximate surface area is 112 Å². The van der Waals surface area contributed by atoms with E-state index in [-0.39, 0.29) is 25.4 Å². The molecule has 2 unspecified atom stereocenters. The van der Waals surface area contributed by atoms with Gasteiger partial charge in [-0.3, -0.25) is 0 Å². The second kappa shape index (κ2) is 6.10. The van der Waals surface area contributed by atoms with E-state index in [4.69, 9.17) is 14.2 Å². The van der Waals surface area contributed by atoms with Gasteiger partial charge in [-0.05, 0) is 13.8 Å². The van der Waals surface area contributed by atoms with Crippen LogP contribution in [0, 0.1) is 0 Å². The minimum absolute atomic E-state index is 0.221. The highest BCUT2D eigenvalue weighted by molar-refractivity contribution is 5.71. The molecule has 7 heteroatoms. The Balaban J connectivity index is 1.38. The van der Waals surface area contributed by atoms with Crippen molar-refractivity contribution < 1.29 is 23.8 Å². The molecule has 2 amide bonds. The first-order chi connectivity index (χ1) is 9.09. The van der Waals surface area contributed by atoms with E-state index in [0.717, 1.165) is 13.1 Å². The number of amides is 2. The molecule has 2 aliphatic heterocycles. The Morgan fingerprint density at radius 1 is 0.895 bits per heavy atom. The fourth-order valence-electron chi connectivity index (χ4n) is 1.63. The highest BCUT2D eigenvalue weighted by Crippen LogP contribution is 2.17. The largest absolute Gasteiger partial charge is 0.447 e. The second-order valence-corrected chi connectivity index (χ2v) is 4.84. The van der Waals surface area contributed by atoms with Crippen LogP contribution in [0.2, 0.25) is 0 Å². The van der Waals surface area contributed by atoms with Crippen molar-refractivity contribution in [2.24, 2.45) is 0 Å². The van der Waals surface area contributed by atoms with Crippen molar-refractivity contribution in [3.05, 3.63) is 0 Å². The zero-order valence-electron chi connectivity index (χ0n) is 11.3. The van der Waals surface area contributed by atoms with Crippen molar-refractivity contribution in [1.82, 2.24) is 9.80 Å². The number of hydrogen-bond acceptors (Lipinski definition) is 5. The zero-order chi connectivity index (χ0) is 13.8. The van der Waals surface area contributed by atoms with Crippen LogP contribution < -0.4 is 0 Å². The lowest BCUT2D eigenvalue weighted by Gasteiger charge is -2.08. The third-order valence-electron chi connectivity index (χ3n) is 3.09. The number of carbonyl (C=O) groups is 2. The number of hydrogen-bond donors (Lipinski definition) is 0. The average molecular weight is 272 g/mol. The molecule has 0 N–H and O–H groups in total. The summed E-state index contributed by atoms with van der Waals surface area (Å²) in [6.07, 6.45) is -0.587. The summed E-state index contributed by atoms with van der Waals surface area (Å²) >= 11 is 0. The first-order valence-electron chi connectivity index (χ1n) is 6.54. The lowest BCUT2D eigenvalue weighted by molar-refractivity contribution is 0.0393. The molecule has 2 fully saturated rings. The highest BCUT2D eigenvalue weighted by Gasteiger charge is 2.36. The van der Waals surface area contributed by atoms with E-state index >= 15 is 0 Å². The van der Waals surface area contributed by atoms with E-state index < -0.39 is 0 Å². The maximum absolute atomic E-state index is 11.3. The topological polar surface area (TPSA) is 67.9 Å². The molecule has 19 heavy (non-hydrogen) atoms. The normalized spacial score (nSPS) is 24.1. The van der Waals surface area contributed by atoms with Gasteiger partial charge in [-0.15, -0.1) is 0 Å². The molecule has 108 valence electrons. The van der Waals surface area contributed by atoms with Gasteiger partial charge in [-0.2, -0.15) is 0 Å². The molecule has 0 aromatic rings. The summed E-state index contributed by atoms with van der Waals surface area (Å²) in [5.41, 5.74) is 0. The van der Waals surface area contributed by atoms with Gasteiger partial charge in [-0.25, -0.2) is 9.59 Å². The van der Waals surface area contributed by atoms with E-state index in [1.165, 1.54) is 0 Å². The molecule has 0 bridgehead atoms. The Morgan fingerprint density at radius 3 is 1.58 bits per heavy atom. The third-order valence-corrected chi connectivity index (χ3v) is 3.09. The molecule has 0 aromatic heterocycles. The van der Waals surface area contributed by atoms with Gasteiger partial charge in [0, 0.05) is 13.1 Å². The van der Waals surface area contributed by atoms with Crippen LogP contribution in [-0.2, 0) is 14.2 Å². The van der Waals surface area contributed by atoms with Gasteiger partial charge in [0.15, 0.2) is 0 Å². The lowest BCUT2D eigenvalue weighted by atomic mass is 10.6. The van der Waals surface area contributed by atoms with E-state index in [0.29, 0.717) is 25.3 Å². The van der Waals surface area contributed by atoms with Crippen LogP contribution >= 0.6 is 0 Å². The molecule has 2 atom stereocenters. The van der Waals surface area contributed by atoms with Crippen molar-refractivity contribution in [2.45, 2.75) is 25.9 Å². The summed E-state index contributed by atoms with van der Waals surface area (Å²) in [6.45, 7) is 6.52. The van der Waals surface area contributed by atoms with Crippen LogP contribution in [-0.4, -0.2) is 73.6 Å². The molecule has 2 rings (SSSR count). The summed E-state index contributed by atoms with van der Waals surface area (Å²) in [5.74, 6) is 0. The standard InChI is InChI=1S/C12H20N2O5/c1-9-7-13(9)11(15)18-5-3-17-4-6-19-12(16)14-8-10(14)2/h9-10H,3-8H2,1-2H3. The molecule has 2 aliphatic rings. The molecular formula is C12H20N2O5. The van der Waals surface area contributed by atoms with Crippen molar-refractivity contribution in [3.63, 3.8) is 0 Å². The number of rotatable bonds is 6. The zero-order valence-corrected chi connectivity index (χ0v) is 11.3. The average Bonchev–Trinajstić information content (AvgIpc) is 3.26. The van der Waals surface area contributed by atoms with Gasteiger partial charge in [0.1, 0.15) is 13.2 Å². The van der Waals surface area contributed by atoms with Crippen LogP contribution in [0.1, 0.15) is 13.8 Å². The Morgan fingerprint density at radius 2 is 1.26 bits per heavy atom. The van der Waals surface area contributed by atoms with Gasteiger partial charge >= 0.3 is 12.2 Å². The van der Waals surface area contributed by atoms with E-state index in [1.807, 2.05) is 13.8 Å². The number of nitrogens with zero attached hydrogens (tertiary/aromatic N) is 2. The maximum Gasteiger partial charge on any atom is 0.410 e. The molecule has 2 heterocycles. The van der Waals surface area contributed by atoms with Crippen LogP contribution in [0.3, 0.4) is 0 Å². The van der Waals surface area contributed by atoms with Crippen LogP contribution in [0.5, 0.6) is 0 Å². The van der Waals surface area contributed by atoms with Gasteiger partial charge in [-0.1, -0.05) is 0 Å². The molecule has 0 radical (unpaired) electrons. The number of ether oxygens (including phenoxy) is 3. The smallest absolute Gasteiger partial charge is 0.410 e. The summed E-state index contributed by atoms with van der Waals surface area (Å²) in [5, 5.41) is 0. The minimum Gasteiger partial charge on any atom is -0.447 e. The first-order valence-corrected chi connectivity index (χ1v) is 6.54. The Hall–Kier alpha value is -1.50. The van der Waals surface area contributed by atoms with Crippen LogP contribution in [0.15, 0.2) is 0 Å². The SMILES string of the molecule is CC1CN1C(=O)OCCOCCOC(=O)N1CC1C. The van der Waals surface area contributed by atoms with E-state index in [2.05, 4.69) is 0 Å². The van der Waals surface area contributed by atoms with Crippen molar-refractivity contribution in [3.8, 4) is 0 Å². The molecule has 0 spiro atoms. The molecule has 0 aliphatic carbocycles. The fraction of sp³-hybridized carbons (Fsp3) is 0.833. The highest BCUT2D eigenvalue weighted by atomic mass is 16.6. The minimum atomic E-state index is -0.293. The lowest BCUT2D eigenvalue weighted by Crippen LogP contribution is -2.20. The van der Waals surface area contributed by atoms with Gasteiger partial charge < -0.3 is 24.0 Å². The quantitative estimate of drug-likeness (QED) is 0.525. The van der Waals surface area contributed by atoms with Gasteiger partial charge in [0.25, 0.3) is 0 Å². The van der Waals surface area contributed by atoms with Crippen molar-refractivity contribution in [2.75, 3.05) is 39.5 Å². The van der Waals surface area contributed by atoms with E-state index in [1.54, 1.807) is 9.80 Å². The van der Waals surface area contributed by atoms with Crippen molar-refractivity contribution in [1.29, 1.82) is 0 Å². The molecule has 0 saturated carbocycles.